The van der Waals surface area contributed by atoms with Crippen LogP contribution in [0.5, 0.6) is 0 Å². The van der Waals surface area contributed by atoms with Crippen molar-refractivity contribution < 1.29 is 13.2 Å². The molecule has 0 aliphatic heterocycles. The van der Waals surface area contributed by atoms with E-state index < -0.39 is 11.7 Å². The van der Waals surface area contributed by atoms with Crippen molar-refractivity contribution in [1.82, 2.24) is 14.6 Å². The smallest absolute Gasteiger partial charge is 0.366 e. The Labute approximate surface area is 111 Å². The second-order valence-corrected chi connectivity index (χ2v) is 4.20. The zero-order valence-corrected chi connectivity index (χ0v) is 10.1. The van der Waals surface area contributed by atoms with Crippen LogP contribution in [0.4, 0.5) is 19.1 Å². The highest BCUT2D eigenvalue weighted by molar-refractivity contribution is 5.80. The van der Waals surface area contributed by atoms with Crippen molar-refractivity contribution in [1.29, 1.82) is 0 Å². The number of aromatic nitrogens is 3. The minimum Gasteiger partial charge on any atom is -0.366 e. The third-order valence-electron chi connectivity index (χ3n) is 2.90. The Morgan fingerprint density at radius 1 is 1.00 bits per heavy atom. The van der Waals surface area contributed by atoms with Gasteiger partial charge in [0.2, 0.25) is 5.95 Å². The number of alkyl halides is 3. The zero-order chi connectivity index (χ0) is 14.3. The van der Waals surface area contributed by atoms with Gasteiger partial charge in [0.05, 0.1) is 5.56 Å². The van der Waals surface area contributed by atoms with Crippen LogP contribution in [0.15, 0.2) is 42.6 Å². The summed E-state index contributed by atoms with van der Waals surface area (Å²) in [5, 5.41) is 3.89. The summed E-state index contributed by atoms with van der Waals surface area (Å²) in [4.78, 5) is 3.97. The summed E-state index contributed by atoms with van der Waals surface area (Å²) in [6.45, 7) is 0. The molecule has 4 nitrogen and oxygen atoms in total. The summed E-state index contributed by atoms with van der Waals surface area (Å²) in [6.07, 6.45) is -2.85. The molecule has 0 atom stereocenters. The third-order valence-corrected chi connectivity index (χ3v) is 2.90. The molecule has 0 saturated carbocycles. The first kappa shape index (κ1) is 12.5. The molecule has 0 saturated heterocycles. The maximum atomic E-state index is 13.1. The molecule has 3 rings (SSSR count). The first-order chi connectivity index (χ1) is 9.47. The number of hydrogen-bond acceptors (Lipinski definition) is 3. The lowest BCUT2D eigenvalue weighted by Gasteiger charge is -2.12. The molecule has 1 aromatic carbocycles. The van der Waals surface area contributed by atoms with Crippen LogP contribution in [0.3, 0.4) is 0 Å². The number of pyridine rings is 1. The maximum absolute atomic E-state index is 13.1. The van der Waals surface area contributed by atoms with Crippen molar-refractivity contribution in [3.05, 3.63) is 48.2 Å². The Balaban J connectivity index is 2.32. The molecule has 0 fully saturated rings. The van der Waals surface area contributed by atoms with Crippen LogP contribution >= 0.6 is 0 Å². The molecular weight excluding hydrogens is 269 g/mol. The largest absolute Gasteiger partial charge is 0.417 e. The minimum atomic E-state index is -4.44. The van der Waals surface area contributed by atoms with Crippen LogP contribution in [-0.4, -0.2) is 14.6 Å². The highest BCUT2D eigenvalue weighted by atomic mass is 19.4. The van der Waals surface area contributed by atoms with E-state index in [4.69, 9.17) is 5.73 Å². The Hall–Kier alpha value is -2.57. The minimum absolute atomic E-state index is 0.0157. The average Bonchev–Trinajstić information content (AvgIpc) is 2.77. The summed E-state index contributed by atoms with van der Waals surface area (Å²) in [5.41, 5.74) is 5.47. The highest BCUT2D eigenvalue weighted by Crippen LogP contribution is 2.37. The molecule has 2 aromatic heterocycles. The van der Waals surface area contributed by atoms with E-state index in [-0.39, 0.29) is 11.5 Å². The van der Waals surface area contributed by atoms with Crippen molar-refractivity contribution in [3.8, 4) is 11.1 Å². The van der Waals surface area contributed by atoms with E-state index in [1.807, 2.05) is 0 Å². The van der Waals surface area contributed by atoms with Crippen LogP contribution < -0.4 is 5.73 Å². The molecule has 0 bridgehead atoms. The number of hydrogen-bond donors (Lipinski definition) is 1. The van der Waals surface area contributed by atoms with Gasteiger partial charge in [0, 0.05) is 11.8 Å². The number of nitrogen functional groups attached to an aromatic ring is 1. The predicted molar refractivity (Wildman–Crippen MR) is 67.8 cm³/mol. The molecule has 102 valence electrons. The molecule has 0 radical (unpaired) electrons. The molecule has 0 amide bonds. The van der Waals surface area contributed by atoms with Gasteiger partial charge in [-0.3, -0.25) is 0 Å². The van der Waals surface area contributed by atoms with Crippen LogP contribution in [0.25, 0.3) is 16.8 Å². The normalized spacial score (nSPS) is 11.9. The van der Waals surface area contributed by atoms with Gasteiger partial charge in [0.1, 0.15) is 0 Å². The maximum Gasteiger partial charge on any atom is 0.417 e. The quantitative estimate of drug-likeness (QED) is 0.744. The SMILES string of the molecule is Nc1nc2c(-c3ccccc3C(F)(F)F)cccn2n1. The Morgan fingerprint density at radius 2 is 1.70 bits per heavy atom. The van der Waals surface area contributed by atoms with E-state index in [1.165, 1.54) is 16.6 Å². The second kappa shape index (κ2) is 4.22. The molecule has 7 heteroatoms. The Bertz CT molecular complexity index is 777. The lowest BCUT2D eigenvalue weighted by molar-refractivity contribution is -0.137. The van der Waals surface area contributed by atoms with Crippen molar-refractivity contribution in [3.63, 3.8) is 0 Å². The van der Waals surface area contributed by atoms with Gasteiger partial charge < -0.3 is 5.73 Å². The van der Waals surface area contributed by atoms with Gasteiger partial charge in [-0.15, -0.1) is 5.10 Å². The van der Waals surface area contributed by atoms with Gasteiger partial charge in [0.25, 0.3) is 0 Å². The van der Waals surface area contributed by atoms with Gasteiger partial charge in [-0.05, 0) is 23.8 Å². The Kier molecular flexibility index (Phi) is 2.63. The summed E-state index contributed by atoms with van der Waals surface area (Å²) in [6, 6.07) is 8.51. The molecule has 20 heavy (non-hydrogen) atoms. The number of benzene rings is 1. The molecule has 0 aliphatic carbocycles. The highest BCUT2D eigenvalue weighted by Gasteiger charge is 2.33. The van der Waals surface area contributed by atoms with Gasteiger partial charge >= 0.3 is 6.18 Å². The standard InChI is InChI=1S/C13H9F3N4/c14-13(15,16)10-6-2-1-4-8(10)9-5-3-7-20-11(9)18-12(17)19-20/h1-7H,(H2,17,19). The number of rotatable bonds is 1. The van der Waals surface area contributed by atoms with Crippen LogP contribution in [0.2, 0.25) is 0 Å². The number of anilines is 1. The van der Waals surface area contributed by atoms with E-state index in [1.54, 1.807) is 24.4 Å². The topological polar surface area (TPSA) is 56.2 Å². The zero-order valence-electron chi connectivity index (χ0n) is 10.1. The summed E-state index contributed by atoms with van der Waals surface area (Å²) in [7, 11) is 0. The van der Waals surface area contributed by atoms with E-state index in [9.17, 15) is 13.2 Å². The first-order valence-electron chi connectivity index (χ1n) is 5.74. The summed E-state index contributed by atoms with van der Waals surface area (Å²) < 4.78 is 40.6. The monoisotopic (exact) mass is 278 g/mol. The fourth-order valence-corrected chi connectivity index (χ4v) is 2.10. The van der Waals surface area contributed by atoms with Gasteiger partial charge in [0.15, 0.2) is 5.65 Å². The van der Waals surface area contributed by atoms with Crippen molar-refractivity contribution >= 4 is 11.6 Å². The third kappa shape index (κ3) is 1.97. The van der Waals surface area contributed by atoms with E-state index in [2.05, 4.69) is 10.1 Å². The molecule has 2 heterocycles. The van der Waals surface area contributed by atoms with Crippen LogP contribution in [0, 0.1) is 0 Å². The number of nitrogens with zero attached hydrogens (tertiary/aromatic N) is 3. The average molecular weight is 278 g/mol. The second-order valence-electron chi connectivity index (χ2n) is 4.20. The van der Waals surface area contributed by atoms with Crippen LogP contribution in [0.1, 0.15) is 5.56 Å². The summed E-state index contributed by atoms with van der Waals surface area (Å²) >= 11 is 0. The summed E-state index contributed by atoms with van der Waals surface area (Å²) in [5.74, 6) is 0.0157. The Morgan fingerprint density at radius 3 is 2.45 bits per heavy atom. The van der Waals surface area contributed by atoms with Gasteiger partial charge in [-0.25, -0.2) is 4.52 Å². The first-order valence-corrected chi connectivity index (χ1v) is 5.74. The molecule has 3 aromatic rings. The lowest BCUT2D eigenvalue weighted by Crippen LogP contribution is -2.07. The van der Waals surface area contributed by atoms with E-state index >= 15 is 0 Å². The van der Waals surface area contributed by atoms with Crippen molar-refractivity contribution in [2.45, 2.75) is 6.18 Å². The van der Waals surface area contributed by atoms with Crippen LogP contribution in [-0.2, 0) is 6.18 Å². The molecule has 0 unspecified atom stereocenters. The fraction of sp³-hybridized carbons (Fsp3) is 0.0769. The molecular formula is C13H9F3N4. The van der Waals surface area contributed by atoms with E-state index in [0.717, 1.165) is 6.07 Å². The van der Waals surface area contributed by atoms with Crippen molar-refractivity contribution in [2.75, 3.05) is 5.73 Å². The van der Waals surface area contributed by atoms with E-state index in [0.29, 0.717) is 11.2 Å². The number of halogens is 3. The molecule has 0 spiro atoms. The lowest BCUT2D eigenvalue weighted by atomic mass is 10.0. The van der Waals surface area contributed by atoms with Gasteiger partial charge in [-0.1, -0.05) is 18.2 Å². The number of fused-ring (bicyclic) bond motifs is 1. The molecule has 0 aliphatic rings. The van der Waals surface area contributed by atoms with Crippen molar-refractivity contribution in [2.24, 2.45) is 0 Å². The van der Waals surface area contributed by atoms with Gasteiger partial charge in [-0.2, -0.15) is 18.2 Å². The predicted octanol–water partition coefficient (Wildman–Crippen LogP) is 3.00. The molecule has 2 N–H and O–H groups in total. The fourth-order valence-electron chi connectivity index (χ4n) is 2.10. The number of nitrogens with two attached hydrogens (primary N) is 1.